The summed E-state index contributed by atoms with van der Waals surface area (Å²) in [6.45, 7) is 4.64. The molecule has 1 aliphatic rings. The van der Waals surface area contributed by atoms with Crippen molar-refractivity contribution < 1.29 is 4.79 Å². The topological polar surface area (TPSA) is 102 Å². The van der Waals surface area contributed by atoms with E-state index in [2.05, 4.69) is 25.0 Å². The molecule has 0 unspecified atom stereocenters. The first-order valence-electron chi connectivity index (χ1n) is 10.9. The van der Waals surface area contributed by atoms with Crippen LogP contribution >= 0.6 is 0 Å². The second-order valence-corrected chi connectivity index (χ2v) is 7.91. The minimum atomic E-state index is -0.182. The average Bonchev–Trinajstić information content (AvgIpc) is 3.29. The van der Waals surface area contributed by atoms with Crippen LogP contribution in [0.15, 0.2) is 59.8 Å². The fourth-order valence-corrected chi connectivity index (χ4v) is 4.10. The molecule has 10 heteroatoms. The summed E-state index contributed by atoms with van der Waals surface area (Å²) in [5, 5.41) is 4.80. The summed E-state index contributed by atoms with van der Waals surface area (Å²) in [5.74, 6) is 1.27. The predicted molar refractivity (Wildman–Crippen MR) is 123 cm³/mol. The summed E-state index contributed by atoms with van der Waals surface area (Å²) in [6.07, 6.45) is 5.21. The molecular formula is C23H24N8O2. The van der Waals surface area contributed by atoms with Crippen molar-refractivity contribution in [2.75, 3.05) is 31.1 Å². The Kier molecular flexibility index (Phi) is 5.55. The summed E-state index contributed by atoms with van der Waals surface area (Å²) in [5.41, 5.74) is 1.18. The van der Waals surface area contributed by atoms with Gasteiger partial charge >= 0.3 is 0 Å². The summed E-state index contributed by atoms with van der Waals surface area (Å²) >= 11 is 0. The quantitative estimate of drug-likeness (QED) is 0.459. The molecule has 3 aromatic heterocycles. The first-order chi connectivity index (χ1) is 16.1. The van der Waals surface area contributed by atoms with Crippen LogP contribution in [0.25, 0.3) is 16.7 Å². The molecule has 0 bridgehead atoms. The first kappa shape index (κ1) is 20.8. The second-order valence-electron chi connectivity index (χ2n) is 7.91. The fraction of sp³-hybridized carbons (Fsp3) is 0.304. The van der Waals surface area contributed by atoms with E-state index >= 15 is 0 Å². The number of carbonyl (C=O) groups is 1. The van der Waals surface area contributed by atoms with Gasteiger partial charge in [0.1, 0.15) is 11.2 Å². The molecule has 168 valence electrons. The molecule has 5 rings (SSSR count). The number of piperazine rings is 1. The molecule has 0 N–H and O–H groups in total. The van der Waals surface area contributed by atoms with Crippen LogP contribution < -0.4 is 10.5 Å². The van der Waals surface area contributed by atoms with Gasteiger partial charge in [0.15, 0.2) is 5.65 Å². The van der Waals surface area contributed by atoms with Gasteiger partial charge in [-0.2, -0.15) is 5.10 Å². The van der Waals surface area contributed by atoms with E-state index in [0.717, 1.165) is 5.69 Å². The first-order valence-corrected chi connectivity index (χ1v) is 10.9. The van der Waals surface area contributed by atoms with E-state index in [1.807, 2.05) is 35.2 Å². The Morgan fingerprint density at radius 3 is 2.45 bits per heavy atom. The third-order valence-electron chi connectivity index (χ3n) is 5.90. The highest BCUT2D eigenvalue weighted by atomic mass is 16.2. The van der Waals surface area contributed by atoms with Gasteiger partial charge in [-0.3, -0.25) is 14.2 Å². The lowest BCUT2D eigenvalue weighted by Gasteiger charge is -2.34. The Morgan fingerprint density at radius 1 is 1.00 bits per heavy atom. The molecule has 1 aromatic carbocycles. The van der Waals surface area contributed by atoms with Crippen molar-refractivity contribution in [2.24, 2.45) is 0 Å². The third-order valence-corrected chi connectivity index (χ3v) is 5.90. The molecule has 4 aromatic rings. The van der Waals surface area contributed by atoms with Crippen LogP contribution in [-0.2, 0) is 11.3 Å². The van der Waals surface area contributed by atoms with Crippen LogP contribution in [0.5, 0.6) is 0 Å². The number of carbonyl (C=O) groups excluding carboxylic acids is 1. The number of para-hydroxylation sites is 1. The normalized spacial score (nSPS) is 14.1. The van der Waals surface area contributed by atoms with Gasteiger partial charge in [-0.05, 0) is 25.1 Å². The molecule has 33 heavy (non-hydrogen) atoms. The molecule has 4 heterocycles. The number of nitrogens with zero attached hydrogens (tertiary/aromatic N) is 8. The zero-order valence-corrected chi connectivity index (χ0v) is 18.3. The summed E-state index contributed by atoms with van der Waals surface area (Å²) < 4.78 is 3.22. The number of benzene rings is 1. The number of hydrogen-bond donors (Lipinski definition) is 0. The Hall–Kier alpha value is -4.08. The average molecular weight is 444 g/mol. The highest BCUT2D eigenvalue weighted by molar-refractivity contribution is 5.77. The maximum absolute atomic E-state index is 13.1. The SMILES string of the molecule is Cc1nc2c(cnn2-c2ccccc2)c(=O)n1CCC(=O)N1CCN(c2ncccn2)CC1. The molecule has 1 saturated heterocycles. The summed E-state index contributed by atoms with van der Waals surface area (Å²) in [4.78, 5) is 43.0. The highest BCUT2D eigenvalue weighted by Gasteiger charge is 2.23. The Morgan fingerprint density at radius 2 is 1.73 bits per heavy atom. The lowest BCUT2D eigenvalue weighted by Crippen LogP contribution is -2.49. The predicted octanol–water partition coefficient (Wildman–Crippen LogP) is 1.42. The fourth-order valence-electron chi connectivity index (χ4n) is 4.10. The lowest BCUT2D eigenvalue weighted by atomic mass is 10.2. The smallest absolute Gasteiger partial charge is 0.264 e. The van der Waals surface area contributed by atoms with E-state index in [1.54, 1.807) is 40.8 Å². The van der Waals surface area contributed by atoms with Gasteiger partial charge in [0.25, 0.3) is 5.56 Å². The summed E-state index contributed by atoms with van der Waals surface area (Å²) in [7, 11) is 0. The van der Waals surface area contributed by atoms with Gasteiger partial charge in [-0.1, -0.05) is 18.2 Å². The molecular weight excluding hydrogens is 420 g/mol. The molecule has 1 aliphatic heterocycles. The molecule has 0 radical (unpaired) electrons. The Labute approximate surface area is 190 Å². The minimum absolute atomic E-state index is 0.0232. The molecule has 1 fully saturated rings. The van der Waals surface area contributed by atoms with Gasteiger partial charge in [-0.15, -0.1) is 0 Å². The van der Waals surface area contributed by atoms with Gasteiger partial charge in [0.05, 0.1) is 11.9 Å². The molecule has 10 nitrogen and oxygen atoms in total. The summed E-state index contributed by atoms with van der Waals surface area (Å²) in [6, 6.07) is 11.4. The number of aryl methyl sites for hydroxylation is 1. The van der Waals surface area contributed by atoms with Crippen molar-refractivity contribution in [2.45, 2.75) is 19.9 Å². The van der Waals surface area contributed by atoms with E-state index < -0.39 is 0 Å². The van der Waals surface area contributed by atoms with E-state index in [4.69, 9.17) is 0 Å². The third kappa shape index (κ3) is 4.07. The van der Waals surface area contributed by atoms with Crippen LogP contribution in [0.1, 0.15) is 12.2 Å². The van der Waals surface area contributed by atoms with Crippen molar-refractivity contribution >= 4 is 22.9 Å². The van der Waals surface area contributed by atoms with Gasteiger partial charge in [0.2, 0.25) is 11.9 Å². The van der Waals surface area contributed by atoms with E-state index in [9.17, 15) is 9.59 Å². The van der Waals surface area contributed by atoms with E-state index in [1.165, 1.54) is 0 Å². The number of hydrogen-bond acceptors (Lipinski definition) is 7. The molecule has 1 amide bonds. The second kappa shape index (κ2) is 8.81. The standard InChI is InChI=1S/C23H24N8O2/c1-17-27-21-19(16-26-31(21)18-6-3-2-4-7-18)22(33)30(17)11-8-20(32)28-12-14-29(15-13-28)23-24-9-5-10-25-23/h2-7,9-10,16H,8,11-15H2,1H3. The van der Waals surface area contributed by atoms with Crippen molar-refractivity contribution in [1.29, 1.82) is 0 Å². The van der Waals surface area contributed by atoms with Crippen molar-refractivity contribution in [1.82, 2.24) is 34.2 Å². The van der Waals surface area contributed by atoms with Crippen LogP contribution in [0.2, 0.25) is 0 Å². The Balaban J connectivity index is 1.27. The molecule has 0 spiro atoms. The maximum atomic E-state index is 13.1. The number of aromatic nitrogens is 6. The van der Waals surface area contributed by atoms with E-state index in [0.29, 0.717) is 49.0 Å². The Bertz CT molecular complexity index is 1330. The van der Waals surface area contributed by atoms with E-state index in [-0.39, 0.29) is 24.4 Å². The maximum Gasteiger partial charge on any atom is 0.264 e. The van der Waals surface area contributed by atoms with Crippen LogP contribution in [-0.4, -0.2) is 66.3 Å². The van der Waals surface area contributed by atoms with Crippen LogP contribution in [0.3, 0.4) is 0 Å². The molecule has 0 saturated carbocycles. The van der Waals surface area contributed by atoms with Gasteiger partial charge < -0.3 is 9.80 Å². The number of rotatable bonds is 5. The largest absolute Gasteiger partial charge is 0.339 e. The minimum Gasteiger partial charge on any atom is -0.339 e. The van der Waals surface area contributed by atoms with Crippen molar-refractivity contribution in [3.63, 3.8) is 0 Å². The monoisotopic (exact) mass is 444 g/mol. The van der Waals surface area contributed by atoms with Crippen molar-refractivity contribution in [3.05, 3.63) is 71.2 Å². The zero-order valence-electron chi connectivity index (χ0n) is 18.3. The molecule has 0 atom stereocenters. The van der Waals surface area contributed by atoms with Crippen LogP contribution in [0, 0.1) is 6.92 Å². The number of amides is 1. The highest BCUT2D eigenvalue weighted by Crippen LogP contribution is 2.15. The van der Waals surface area contributed by atoms with Crippen molar-refractivity contribution in [3.8, 4) is 5.69 Å². The number of fused-ring (bicyclic) bond motifs is 1. The number of anilines is 1. The van der Waals surface area contributed by atoms with Gasteiger partial charge in [0, 0.05) is 51.5 Å². The zero-order chi connectivity index (χ0) is 22.8. The van der Waals surface area contributed by atoms with Crippen LogP contribution in [0.4, 0.5) is 5.95 Å². The lowest BCUT2D eigenvalue weighted by molar-refractivity contribution is -0.131. The van der Waals surface area contributed by atoms with Gasteiger partial charge in [-0.25, -0.2) is 19.6 Å². The molecule has 0 aliphatic carbocycles.